The van der Waals surface area contributed by atoms with Crippen LogP contribution in [0.1, 0.15) is 11.1 Å². The molecule has 0 spiro atoms. The molecule has 110 valence electrons. The first-order valence-corrected chi connectivity index (χ1v) is 6.36. The van der Waals surface area contributed by atoms with Gasteiger partial charge in [-0.15, -0.1) is 0 Å². The van der Waals surface area contributed by atoms with Crippen LogP contribution in [-0.4, -0.2) is 26.9 Å². The lowest BCUT2D eigenvalue weighted by Gasteiger charge is -2.09. The van der Waals surface area contributed by atoms with Gasteiger partial charge in [-0.05, 0) is 11.1 Å². The van der Waals surface area contributed by atoms with Crippen LogP contribution in [0.4, 0.5) is 10.5 Å². The number of nitrogens with one attached hydrogen (secondary N) is 2. The molecular weight excluding hydrogens is 272 g/mol. The van der Waals surface area contributed by atoms with Crippen molar-refractivity contribution in [1.29, 1.82) is 0 Å². The van der Waals surface area contributed by atoms with Crippen LogP contribution in [-0.2, 0) is 24.8 Å². The number of carboxylic acid groups (broad SMARTS) is 1. The van der Waals surface area contributed by atoms with Crippen LogP contribution in [0.15, 0.2) is 36.7 Å². The Labute approximate surface area is 121 Å². The van der Waals surface area contributed by atoms with E-state index in [4.69, 9.17) is 5.11 Å². The summed E-state index contributed by atoms with van der Waals surface area (Å²) >= 11 is 0. The highest BCUT2D eigenvalue weighted by atomic mass is 16.4. The first-order chi connectivity index (χ1) is 10.0. The monoisotopic (exact) mass is 288 g/mol. The number of hydrogen-bond donors (Lipinski definition) is 3. The minimum Gasteiger partial charge on any atom is -0.481 e. The lowest BCUT2D eigenvalue weighted by atomic mass is 10.0. The third-order valence-electron chi connectivity index (χ3n) is 2.86. The maximum absolute atomic E-state index is 11.8. The number of amides is 2. The van der Waals surface area contributed by atoms with Crippen molar-refractivity contribution in [1.82, 2.24) is 15.1 Å². The Morgan fingerprint density at radius 2 is 2.00 bits per heavy atom. The van der Waals surface area contributed by atoms with Gasteiger partial charge in [0.1, 0.15) is 0 Å². The zero-order valence-electron chi connectivity index (χ0n) is 11.5. The highest BCUT2D eigenvalue weighted by Gasteiger charge is 2.08. The molecule has 0 aliphatic heterocycles. The number of carbonyl (C=O) groups is 2. The molecule has 0 radical (unpaired) electrons. The number of rotatable bonds is 5. The molecular formula is C14H16N4O3. The van der Waals surface area contributed by atoms with Crippen LogP contribution < -0.4 is 10.6 Å². The van der Waals surface area contributed by atoms with Crippen molar-refractivity contribution in [3.8, 4) is 0 Å². The molecule has 0 saturated carbocycles. The van der Waals surface area contributed by atoms with Gasteiger partial charge in [-0.1, -0.05) is 24.3 Å². The molecule has 0 saturated heterocycles. The van der Waals surface area contributed by atoms with E-state index in [2.05, 4.69) is 15.7 Å². The molecule has 0 bridgehead atoms. The van der Waals surface area contributed by atoms with E-state index in [0.717, 1.165) is 5.56 Å². The largest absolute Gasteiger partial charge is 0.481 e. The Morgan fingerprint density at radius 1 is 1.29 bits per heavy atom. The normalized spacial score (nSPS) is 10.1. The second-order valence-corrected chi connectivity index (χ2v) is 4.55. The van der Waals surface area contributed by atoms with E-state index >= 15 is 0 Å². The predicted molar refractivity (Wildman–Crippen MR) is 76.8 cm³/mol. The van der Waals surface area contributed by atoms with Gasteiger partial charge in [0.05, 0.1) is 18.3 Å². The Bertz CT molecular complexity index is 651. The Balaban J connectivity index is 1.93. The summed E-state index contributed by atoms with van der Waals surface area (Å²) in [4.78, 5) is 22.5. The predicted octanol–water partition coefficient (Wildman–Crippen LogP) is 1.37. The number of anilines is 1. The zero-order chi connectivity index (χ0) is 15.2. The van der Waals surface area contributed by atoms with Crippen LogP contribution in [0.3, 0.4) is 0 Å². The van der Waals surface area contributed by atoms with Crippen molar-refractivity contribution in [2.45, 2.75) is 13.0 Å². The number of aryl methyl sites for hydroxylation is 1. The number of urea groups is 1. The summed E-state index contributed by atoms with van der Waals surface area (Å²) in [6.07, 6.45) is 3.15. The second kappa shape index (κ2) is 6.56. The molecule has 2 rings (SSSR count). The molecule has 21 heavy (non-hydrogen) atoms. The first kappa shape index (κ1) is 14.6. The van der Waals surface area contributed by atoms with Crippen LogP contribution in [0.5, 0.6) is 0 Å². The molecule has 7 nitrogen and oxygen atoms in total. The lowest BCUT2D eigenvalue weighted by Crippen LogP contribution is -2.28. The molecule has 1 aromatic heterocycles. The Morgan fingerprint density at radius 3 is 2.62 bits per heavy atom. The van der Waals surface area contributed by atoms with Crippen molar-refractivity contribution in [3.05, 3.63) is 47.8 Å². The maximum Gasteiger partial charge on any atom is 0.319 e. The van der Waals surface area contributed by atoms with E-state index in [1.165, 1.54) is 6.20 Å². The van der Waals surface area contributed by atoms with Crippen LogP contribution >= 0.6 is 0 Å². The summed E-state index contributed by atoms with van der Waals surface area (Å²) in [5, 5.41) is 18.1. The van der Waals surface area contributed by atoms with Gasteiger partial charge in [0.15, 0.2) is 0 Å². The van der Waals surface area contributed by atoms with E-state index < -0.39 is 5.97 Å². The highest BCUT2D eigenvalue weighted by molar-refractivity contribution is 5.88. The minimum absolute atomic E-state index is 0.0674. The lowest BCUT2D eigenvalue weighted by molar-refractivity contribution is -0.136. The van der Waals surface area contributed by atoms with Gasteiger partial charge in [-0.2, -0.15) is 5.10 Å². The average molecular weight is 288 g/mol. The van der Waals surface area contributed by atoms with E-state index in [1.54, 1.807) is 42.2 Å². The van der Waals surface area contributed by atoms with E-state index in [1.807, 2.05) is 0 Å². The molecule has 2 amide bonds. The standard InChI is InChI=1S/C14H16N4O3/c1-18-9-12(8-16-18)17-14(21)15-7-11-5-3-2-4-10(11)6-13(19)20/h2-5,8-9H,6-7H2,1H3,(H,19,20)(H2,15,17,21). The van der Waals surface area contributed by atoms with Gasteiger partial charge in [-0.3, -0.25) is 9.48 Å². The number of carboxylic acids is 1. The molecule has 2 aromatic rings. The molecule has 0 unspecified atom stereocenters. The third kappa shape index (κ3) is 4.34. The molecule has 3 N–H and O–H groups in total. The zero-order valence-corrected chi connectivity index (χ0v) is 11.5. The summed E-state index contributed by atoms with van der Waals surface area (Å²) in [6.45, 7) is 0.259. The van der Waals surface area contributed by atoms with Gasteiger partial charge in [0.25, 0.3) is 0 Å². The topological polar surface area (TPSA) is 96.2 Å². The number of hydrogen-bond acceptors (Lipinski definition) is 3. The molecule has 0 aliphatic carbocycles. The smallest absolute Gasteiger partial charge is 0.319 e. The molecule has 1 aromatic carbocycles. The van der Waals surface area contributed by atoms with Crippen molar-refractivity contribution in [2.75, 3.05) is 5.32 Å². The summed E-state index contributed by atoms with van der Waals surface area (Å²) in [6, 6.07) is 6.75. The van der Waals surface area contributed by atoms with E-state index in [9.17, 15) is 9.59 Å². The molecule has 0 fully saturated rings. The number of aromatic nitrogens is 2. The fourth-order valence-corrected chi connectivity index (χ4v) is 1.90. The van der Waals surface area contributed by atoms with Gasteiger partial charge in [-0.25, -0.2) is 4.79 Å². The van der Waals surface area contributed by atoms with Crippen LogP contribution in [0, 0.1) is 0 Å². The number of carbonyl (C=O) groups excluding carboxylic acids is 1. The highest BCUT2D eigenvalue weighted by Crippen LogP contribution is 2.10. The van der Waals surface area contributed by atoms with Crippen molar-refractivity contribution in [2.24, 2.45) is 7.05 Å². The summed E-state index contributed by atoms with van der Waals surface area (Å²) < 4.78 is 1.58. The third-order valence-corrected chi connectivity index (χ3v) is 2.86. The summed E-state index contributed by atoms with van der Waals surface area (Å²) in [5.41, 5.74) is 2.06. The molecule has 0 atom stereocenters. The Hall–Kier alpha value is -2.83. The van der Waals surface area contributed by atoms with Gasteiger partial charge in [0.2, 0.25) is 0 Å². The van der Waals surface area contributed by atoms with Crippen LogP contribution in [0.25, 0.3) is 0 Å². The Kier molecular flexibility index (Phi) is 4.55. The minimum atomic E-state index is -0.901. The van der Waals surface area contributed by atoms with Gasteiger partial charge < -0.3 is 15.7 Å². The summed E-state index contributed by atoms with van der Waals surface area (Å²) in [7, 11) is 1.76. The molecule has 1 heterocycles. The fraction of sp³-hybridized carbons (Fsp3) is 0.214. The quantitative estimate of drug-likeness (QED) is 0.774. The SMILES string of the molecule is Cn1cc(NC(=O)NCc2ccccc2CC(=O)O)cn1. The van der Waals surface area contributed by atoms with Gasteiger partial charge >= 0.3 is 12.0 Å². The van der Waals surface area contributed by atoms with Crippen molar-refractivity contribution in [3.63, 3.8) is 0 Å². The number of benzene rings is 1. The molecule has 0 aliphatic rings. The van der Waals surface area contributed by atoms with E-state index in [-0.39, 0.29) is 19.0 Å². The fourth-order valence-electron chi connectivity index (χ4n) is 1.90. The van der Waals surface area contributed by atoms with Crippen molar-refractivity contribution < 1.29 is 14.7 Å². The average Bonchev–Trinajstić information content (AvgIpc) is 2.82. The summed E-state index contributed by atoms with van der Waals surface area (Å²) in [5.74, 6) is -0.901. The van der Waals surface area contributed by atoms with Crippen molar-refractivity contribution >= 4 is 17.7 Å². The van der Waals surface area contributed by atoms with E-state index in [0.29, 0.717) is 11.3 Å². The van der Waals surface area contributed by atoms with Gasteiger partial charge in [0, 0.05) is 19.8 Å². The molecule has 7 heteroatoms. The van der Waals surface area contributed by atoms with Crippen LogP contribution in [0.2, 0.25) is 0 Å². The maximum atomic E-state index is 11.8. The second-order valence-electron chi connectivity index (χ2n) is 4.55. The number of aliphatic carboxylic acids is 1. The number of nitrogens with zero attached hydrogens (tertiary/aromatic N) is 2. The first-order valence-electron chi connectivity index (χ1n) is 6.36.